The van der Waals surface area contributed by atoms with E-state index in [0.717, 1.165) is 44.6 Å². The maximum atomic E-state index is 14.2. The number of methoxy groups -OCH3 is 1. The number of hydrogen-bond donors (Lipinski definition) is 1. The molecule has 0 unspecified atom stereocenters. The number of anilines is 1. The number of nitrogens with one attached hydrogen (secondary N) is 1. The first-order valence-corrected chi connectivity index (χ1v) is 11.4. The quantitative estimate of drug-likeness (QED) is 0.382. The highest BCUT2D eigenvalue weighted by molar-refractivity contribution is 7.16. The Bertz CT molecular complexity index is 1080. The molecule has 0 radical (unpaired) electrons. The van der Waals surface area contributed by atoms with Crippen LogP contribution >= 0.6 is 22.9 Å². The summed E-state index contributed by atoms with van der Waals surface area (Å²) in [7, 11) is 1.64. The van der Waals surface area contributed by atoms with Crippen LogP contribution in [0.1, 0.15) is 46.9 Å². The van der Waals surface area contributed by atoms with Gasteiger partial charge in [-0.2, -0.15) is 0 Å². The van der Waals surface area contributed by atoms with Crippen LogP contribution in [0.3, 0.4) is 0 Å². The molecule has 4 rings (SSSR count). The van der Waals surface area contributed by atoms with Crippen LogP contribution < -0.4 is 10.1 Å². The SMILES string of the molecule is Cc1ccc([C@H](CC2CC2)Nc2nc(-c3cc(C)c(O[13CH3])cc3Cl)c(C)s2)cc1F. The molecule has 0 aliphatic heterocycles. The van der Waals surface area contributed by atoms with E-state index in [-0.39, 0.29) is 11.9 Å². The summed E-state index contributed by atoms with van der Waals surface area (Å²) in [6.07, 6.45) is 3.48. The van der Waals surface area contributed by atoms with Crippen LogP contribution in [0.4, 0.5) is 9.52 Å². The molecule has 1 aromatic heterocycles. The van der Waals surface area contributed by atoms with Gasteiger partial charge in [0.15, 0.2) is 5.13 Å². The molecule has 1 heterocycles. The van der Waals surface area contributed by atoms with Gasteiger partial charge in [0.25, 0.3) is 0 Å². The molecule has 1 aliphatic carbocycles. The van der Waals surface area contributed by atoms with Gasteiger partial charge in [0.05, 0.1) is 23.9 Å². The van der Waals surface area contributed by atoms with E-state index in [4.69, 9.17) is 21.3 Å². The molecule has 1 aliphatic rings. The van der Waals surface area contributed by atoms with E-state index >= 15 is 0 Å². The summed E-state index contributed by atoms with van der Waals surface area (Å²) in [6.45, 7) is 5.84. The maximum Gasteiger partial charge on any atom is 0.183 e. The third-order valence-corrected chi connectivity index (χ3v) is 6.91. The number of aromatic nitrogens is 1. The van der Waals surface area contributed by atoms with Gasteiger partial charge in [0.2, 0.25) is 0 Å². The van der Waals surface area contributed by atoms with E-state index in [1.165, 1.54) is 12.8 Å². The van der Waals surface area contributed by atoms with E-state index in [0.29, 0.717) is 16.5 Å². The summed E-state index contributed by atoms with van der Waals surface area (Å²) in [4.78, 5) is 5.95. The Balaban J connectivity index is 1.64. The molecule has 1 saturated carbocycles. The lowest BCUT2D eigenvalue weighted by Crippen LogP contribution is -2.12. The van der Waals surface area contributed by atoms with Gasteiger partial charge >= 0.3 is 0 Å². The average Bonchev–Trinajstić information content (AvgIpc) is 3.46. The molecule has 158 valence electrons. The first-order chi connectivity index (χ1) is 14.4. The second-order valence-electron chi connectivity index (χ2n) is 8.11. The average molecular weight is 446 g/mol. The Kier molecular flexibility index (Phi) is 6.03. The van der Waals surface area contributed by atoms with Crippen LogP contribution in [0.15, 0.2) is 30.3 Å². The van der Waals surface area contributed by atoms with Crippen LogP contribution in [-0.4, -0.2) is 12.1 Å². The van der Waals surface area contributed by atoms with Gasteiger partial charge in [-0.3, -0.25) is 0 Å². The van der Waals surface area contributed by atoms with Crippen molar-refractivity contribution in [3.63, 3.8) is 0 Å². The largest absolute Gasteiger partial charge is 0.496 e. The minimum absolute atomic E-state index is 0.0408. The van der Waals surface area contributed by atoms with Gasteiger partial charge in [-0.25, -0.2) is 9.37 Å². The van der Waals surface area contributed by atoms with Crippen LogP contribution in [0, 0.1) is 32.5 Å². The van der Waals surface area contributed by atoms with E-state index < -0.39 is 0 Å². The topological polar surface area (TPSA) is 34.2 Å². The highest BCUT2D eigenvalue weighted by Crippen LogP contribution is 2.42. The molecule has 1 N–H and O–H groups in total. The Hall–Kier alpha value is -2.11. The lowest BCUT2D eigenvalue weighted by molar-refractivity contribution is 0.412. The van der Waals surface area contributed by atoms with Crippen molar-refractivity contribution in [2.45, 2.75) is 46.1 Å². The molecule has 1 fully saturated rings. The molecule has 6 heteroatoms. The zero-order valence-corrected chi connectivity index (χ0v) is 19.3. The number of halogens is 2. The van der Waals surface area contributed by atoms with Crippen molar-refractivity contribution >= 4 is 28.1 Å². The summed E-state index contributed by atoms with van der Waals surface area (Å²) >= 11 is 8.14. The van der Waals surface area contributed by atoms with Crippen LogP contribution in [0.25, 0.3) is 11.3 Å². The number of ether oxygens (including phenoxy) is 1. The molecule has 3 nitrogen and oxygen atoms in total. The number of rotatable bonds is 7. The number of aryl methyl sites for hydroxylation is 3. The smallest absolute Gasteiger partial charge is 0.183 e. The number of hydrogen-bond acceptors (Lipinski definition) is 4. The highest BCUT2D eigenvalue weighted by Gasteiger charge is 2.27. The predicted molar refractivity (Wildman–Crippen MR) is 123 cm³/mol. The van der Waals surface area contributed by atoms with Crippen molar-refractivity contribution in [2.75, 3.05) is 12.4 Å². The van der Waals surface area contributed by atoms with Gasteiger partial charge in [-0.05, 0) is 68.0 Å². The summed E-state index contributed by atoms with van der Waals surface area (Å²) in [5, 5.41) is 5.02. The van der Waals surface area contributed by atoms with Crippen molar-refractivity contribution in [2.24, 2.45) is 5.92 Å². The normalized spacial score (nSPS) is 14.6. The minimum Gasteiger partial charge on any atom is -0.496 e. The molecule has 0 spiro atoms. The Labute approximate surface area is 186 Å². The van der Waals surface area contributed by atoms with Gasteiger partial charge in [0.1, 0.15) is 11.6 Å². The molecular formula is C24H26ClFN2OS. The van der Waals surface area contributed by atoms with Gasteiger partial charge < -0.3 is 10.1 Å². The zero-order chi connectivity index (χ0) is 21.4. The Morgan fingerprint density at radius 2 is 1.97 bits per heavy atom. The highest BCUT2D eigenvalue weighted by atomic mass is 35.5. The molecule has 0 bridgehead atoms. The summed E-state index contributed by atoms with van der Waals surface area (Å²) in [5.41, 5.74) is 4.43. The van der Waals surface area contributed by atoms with Crippen molar-refractivity contribution in [3.8, 4) is 17.0 Å². The number of nitrogens with zero attached hydrogens (tertiary/aromatic N) is 1. The molecular weight excluding hydrogens is 420 g/mol. The van der Waals surface area contributed by atoms with Crippen LogP contribution in [-0.2, 0) is 0 Å². The summed E-state index contributed by atoms with van der Waals surface area (Å²) in [6, 6.07) is 9.42. The van der Waals surface area contributed by atoms with E-state index in [2.05, 4.69) is 12.2 Å². The second kappa shape index (κ2) is 8.56. The fraction of sp³-hybridized carbons (Fsp3) is 0.375. The number of benzene rings is 2. The van der Waals surface area contributed by atoms with Crippen molar-refractivity contribution < 1.29 is 9.13 Å². The number of thiazole rings is 1. The van der Waals surface area contributed by atoms with E-state index in [9.17, 15) is 4.39 Å². The minimum atomic E-state index is -0.161. The monoisotopic (exact) mass is 445 g/mol. The summed E-state index contributed by atoms with van der Waals surface area (Å²) in [5.74, 6) is 1.30. The lowest BCUT2D eigenvalue weighted by atomic mass is 10.00. The van der Waals surface area contributed by atoms with E-state index in [1.54, 1.807) is 31.4 Å². The molecule has 30 heavy (non-hydrogen) atoms. The van der Waals surface area contributed by atoms with E-state index in [1.807, 2.05) is 31.2 Å². The molecule has 1 atom stereocenters. The van der Waals surface area contributed by atoms with Crippen molar-refractivity contribution in [3.05, 3.63) is 62.7 Å². The Morgan fingerprint density at radius 1 is 1.20 bits per heavy atom. The van der Waals surface area contributed by atoms with Crippen LogP contribution in [0.5, 0.6) is 5.75 Å². The molecule has 2 aromatic carbocycles. The van der Waals surface area contributed by atoms with Gasteiger partial charge in [-0.15, -0.1) is 11.3 Å². The third kappa shape index (κ3) is 4.47. The van der Waals surface area contributed by atoms with Crippen molar-refractivity contribution in [1.29, 1.82) is 0 Å². The Morgan fingerprint density at radius 3 is 2.63 bits per heavy atom. The fourth-order valence-corrected chi connectivity index (χ4v) is 4.84. The molecule has 3 aromatic rings. The second-order valence-corrected chi connectivity index (χ2v) is 9.72. The van der Waals surface area contributed by atoms with Gasteiger partial charge in [0, 0.05) is 10.4 Å². The molecule has 0 saturated heterocycles. The predicted octanol–water partition coefficient (Wildman–Crippen LogP) is 7.49. The maximum absolute atomic E-state index is 14.2. The third-order valence-electron chi connectivity index (χ3n) is 5.70. The molecule has 0 amide bonds. The standard InChI is InChI=1S/C24H26ClFN2OS/c1-13-5-8-17(11-20(13)26)21(10-16-6-7-16)27-24-28-23(15(3)30-24)18-9-14(2)22(29-4)12-19(18)25/h5,8-9,11-12,16,21H,6-7,10H2,1-4H3,(H,27,28)/t21-/m0/s1/i4+1. The summed E-state index contributed by atoms with van der Waals surface area (Å²) < 4.78 is 19.6. The first-order valence-electron chi connectivity index (χ1n) is 10.2. The lowest BCUT2D eigenvalue weighted by Gasteiger charge is -2.19. The first kappa shape index (κ1) is 21.1. The fourth-order valence-electron chi connectivity index (χ4n) is 3.71. The van der Waals surface area contributed by atoms with Gasteiger partial charge in [-0.1, -0.05) is 36.6 Å². The zero-order valence-electron chi connectivity index (χ0n) is 17.7. The van der Waals surface area contributed by atoms with Crippen LogP contribution in [0.2, 0.25) is 5.02 Å². The van der Waals surface area contributed by atoms with Crippen molar-refractivity contribution in [1.82, 2.24) is 4.98 Å².